The zero-order valence-electron chi connectivity index (χ0n) is 10.5. The van der Waals surface area contributed by atoms with Crippen molar-refractivity contribution in [1.82, 2.24) is 9.97 Å². The first-order valence-electron chi connectivity index (χ1n) is 6.08. The molecular formula is C15H11BrClN3. The molecule has 0 saturated carbocycles. The summed E-state index contributed by atoms with van der Waals surface area (Å²) in [5.41, 5.74) is 4.72. The van der Waals surface area contributed by atoms with Crippen LogP contribution >= 0.6 is 27.5 Å². The number of aromatic nitrogens is 2. The van der Waals surface area contributed by atoms with Crippen LogP contribution in [0.25, 0.3) is 11.0 Å². The van der Waals surface area contributed by atoms with Crippen molar-refractivity contribution in [3.8, 4) is 0 Å². The molecule has 0 bridgehead atoms. The summed E-state index contributed by atoms with van der Waals surface area (Å²) in [5, 5.41) is 3.36. The van der Waals surface area contributed by atoms with E-state index >= 15 is 0 Å². The van der Waals surface area contributed by atoms with Crippen LogP contribution in [0.15, 0.2) is 53.3 Å². The normalized spacial score (nSPS) is 10.7. The molecule has 0 unspecified atom stereocenters. The summed E-state index contributed by atoms with van der Waals surface area (Å²) in [6.45, 7) is 0. The molecule has 0 aliphatic rings. The Morgan fingerprint density at radius 1 is 1.10 bits per heavy atom. The van der Waals surface area contributed by atoms with E-state index in [-0.39, 0.29) is 0 Å². The zero-order valence-corrected chi connectivity index (χ0v) is 12.8. The van der Waals surface area contributed by atoms with E-state index < -0.39 is 0 Å². The number of hydrogen-bond acceptors (Lipinski definition) is 3. The number of fused-ring (bicyclic) bond motifs is 1. The number of rotatable bonds is 3. The highest BCUT2D eigenvalue weighted by molar-refractivity contribution is 9.10. The van der Waals surface area contributed by atoms with Gasteiger partial charge in [0.1, 0.15) is 5.52 Å². The maximum absolute atomic E-state index is 5.79. The van der Waals surface area contributed by atoms with Crippen LogP contribution in [0.4, 0.5) is 11.4 Å². The van der Waals surface area contributed by atoms with Crippen LogP contribution in [0.5, 0.6) is 0 Å². The number of anilines is 2. The van der Waals surface area contributed by atoms with E-state index in [9.17, 15) is 0 Å². The average molecular weight is 349 g/mol. The molecule has 0 aliphatic carbocycles. The van der Waals surface area contributed by atoms with Crippen molar-refractivity contribution in [2.24, 2.45) is 0 Å². The first kappa shape index (κ1) is 13.3. The van der Waals surface area contributed by atoms with Gasteiger partial charge in [0.2, 0.25) is 0 Å². The van der Waals surface area contributed by atoms with Crippen molar-refractivity contribution in [2.45, 2.75) is 5.88 Å². The minimum atomic E-state index is 0.522. The van der Waals surface area contributed by atoms with Crippen molar-refractivity contribution in [3.05, 3.63) is 58.8 Å². The number of hydrogen-bond donors (Lipinski definition) is 1. The van der Waals surface area contributed by atoms with E-state index in [1.807, 2.05) is 36.4 Å². The molecule has 0 amide bonds. The standard InChI is InChI=1S/C15H11BrClN3/c16-11-7-14-15(19-9-11)13(5-6-18-14)20-12-3-1-10(8-17)2-4-12/h1-7,9H,8H2,(H,18,20). The predicted octanol–water partition coefficient (Wildman–Crippen LogP) is 4.87. The Kier molecular flexibility index (Phi) is 3.85. The van der Waals surface area contributed by atoms with Gasteiger partial charge in [0.15, 0.2) is 0 Å². The van der Waals surface area contributed by atoms with Crippen molar-refractivity contribution in [1.29, 1.82) is 0 Å². The number of nitrogens with one attached hydrogen (secondary N) is 1. The van der Waals surface area contributed by atoms with Gasteiger partial charge in [-0.3, -0.25) is 9.97 Å². The summed E-state index contributed by atoms with van der Waals surface area (Å²) in [7, 11) is 0. The Labute approximate surface area is 130 Å². The minimum Gasteiger partial charge on any atom is -0.354 e. The fourth-order valence-corrected chi connectivity index (χ4v) is 2.44. The summed E-state index contributed by atoms with van der Waals surface area (Å²) in [6, 6.07) is 11.9. The van der Waals surface area contributed by atoms with Crippen molar-refractivity contribution in [2.75, 3.05) is 5.32 Å². The summed E-state index contributed by atoms with van der Waals surface area (Å²) in [6.07, 6.45) is 3.54. The van der Waals surface area contributed by atoms with Crippen LogP contribution in [0.2, 0.25) is 0 Å². The second-order valence-corrected chi connectivity index (χ2v) is 5.52. The molecule has 3 nitrogen and oxygen atoms in total. The summed E-state index contributed by atoms with van der Waals surface area (Å²) in [4.78, 5) is 8.74. The molecule has 0 radical (unpaired) electrons. The zero-order chi connectivity index (χ0) is 13.9. The fourth-order valence-electron chi connectivity index (χ4n) is 1.94. The van der Waals surface area contributed by atoms with Crippen molar-refractivity contribution < 1.29 is 0 Å². The molecular weight excluding hydrogens is 338 g/mol. The van der Waals surface area contributed by atoms with Crippen LogP contribution in [0.3, 0.4) is 0 Å². The lowest BCUT2D eigenvalue weighted by Crippen LogP contribution is -1.94. The largest absolute Gasteiger partial charge is 0.354 e. The topological polar surface area (TPSA) is 37.8 Å². The van der Waals surface area contributed by atoms with Gasteiger partial charge >= 0.3 is 0 Å². The van der Waals surface area contributed by atoms with Gasteiger partial charge in [-0.2, -0.15) is 0 Å². The van der Waals surface area contributed by atoms with Crippen molar-refractivity contribution in [3.63, 3.8) is 0 Å². The number of halogens is 2. The van der Waals surface area contributed by atoms with E-state index in [1.54, 1.807) is 12.4 Å². The average Bonchev–Trinajstić information content (AvgIpc) is 2.48. The lowest BCUT2D eigenvalue weighted by molar-refractivity contribution is 1.32. The SMILES string of the molecule is ClCc1ccc(Nc2ccnc3cc(Br)cnc23)cc1. The van der Waals surface area contributed by atoms with Gasteiger partial charge in [-0.1, -0.05) is 12.1 Å². The molecule has 3 aromatic rings. The Hall–Kier alpha value is -1.65. The molecule has 0 spiro atoms. The number of pyridine rings is 2. The lowest BCUT2D eigenvalue weighted by Gasteiger charge is -2.09. The fraction of sp³-hybridized carbons (Fsp3) is 0.0667. The Balaban J connectivity index is 1.97. The first-order chi connectivity index (χ1) is 9.76. The number of benzene rings is 1. The molecule has 3 rings (SSSR count). The number of alkyl halides is 1. The Bertz CT molecular complexity index is 744. The van der Waals surface area contributed by atoms with Gasteiger partial charge in [-0.25, -0.2) is 0 Å². The third kappa shape index (κ3) is 2.76. The highest BCUT2D eigenvalue weighted by Gasteiger charge is 2.04. The smallest absolute Gasteiger partial charge is 0.112 e. The van der Waals surface area contributed by atoms with Gasteiger partial charge in [0.25, 0.3) is 0 Å². The van der Waals surface area contributed by atoms with Gasteiger partial charge < -0.3 is 5.32 Å². The second-order valence-electron chi connectivity index (χ2n) is 4.34. The molecule has 20 heavy (non-hydrogen) atoms. The van der Waals surface area contributed by atoms with Crippen LogP contribution < -0.4 is 5.32 Å². The van der Waals surface area contributed by atoms with Gasteiger partial charge in [-0.15, -0.1) is 11.6 Å². The van der Waals surface area contributed by atoms with Crippen LogP contribution in [0, 0.1) is 0 Å². The van der Waals surface area contributed by atoms with E-state index in [2.05, 4.69) is 31.2 Å². The van der Waals surface area contributed by atoms with Crippen LogP contribution in [-0.2, 0) is 5.88 Å². The summed E-state index contributed by atoms with van der Waals surface area (Å²) in [5.74, 6) is 0.522. The minimum absolute atomic E-state index is 0.522. The monoisotopic (exact) mass is 347 g/mol. The van der Waals surface area contributed by atoms with Gasteiger partial charge in [-0.05, 0) is 45.8 Å². The van der Waals surface area contributed by atoms with Crippen LogP contribution in [0.1, 0.15) is 5.56 Å². The first-order valence-corrected chi connectivity index (χ1v) is 7.41. The maximum Gasteiger partial charge on any atom is 0.112 e. The second kappa shape index (κ2) is 5.77. The molecule has 0 saturated heterocycles. The Morgan fingerprint density at radius 2 is 1.90 bits per heavy atom. The lowest BCUT2D eigenvalue weighted by atomic mass is 10.2. The molecule has 1 N–H and O–H groups in total. The predicted molar refractivity (Wildman–Crippen MR) is 86.5 cm³/mol. The van der Waals surface area contributed by atoms with E-state index in [1.165, 1.54) is 0 Å². The van der Waals surface area contributed by atoms with E-state index in [4.69, 9.17) is 11.6 Å². The van der Waals surface area contributed by atoms with Crippen LogP contribution in [-0.4, -0.2) is 9.97 Å². The number of nitrogens with zero attached hydrogens (tertiary/aromatic N) is 2. The molecule has 1 aromatic carbocycles. The Morgan fingerprint density at radius 3 is 2.65 bits per heavy atom. The molecule has 2 heterocycles. The highest BCUT2D eigenvalue weighted by Crippen LogP contribution is 2.25. The maximum atomic E-state index is 5.79. The van der Waals surface area contributed by atoms with Crippen molar-refractivity contribution >= 4 is 49.9 Å². The molecule has 0 fully saturated rings. The molecule has 5 heteroatoms. The van der Waals surface area contributed by atoms with Gasteiger partial charge in [0, 0.05) is 28.4 Å². The molecule has 0 aliphatic heterocycles. The highest BCUT2D eigenvalue weighted by atomic mass is 79.9. The third-order valence-electron chi connectivity index (χ3n) is 2.93. The third-order valence-corrected chi connectivity index (χ3v) is 3.67. The van der Waals surface area contributed by atoms with E-state index in [0.29, 0.717) is 5.88 Å². The molecule has 0 atom stereocenters. The van der Waals surface area contributed by atoms with Gasteiger partial charge in [0.05, 0.1) is 11.2 Å². The molecule has 100 valence electrons. The van der Waals surface area contributed by atoms with E-state index in [0.717, 1.165) is 32.4 Å². The summed E-state index contributed by atoms with van der Waals surface area (Å²) >= 11 is 9.19. The molecule has 2 aromatic heterocycles. The quantitative estimate of drug-likeness (QED) is 0.686. The summed E-state index contributed by atoms with van der Waals surface area (Å²) < 4.78 is 0.918.